The highest BCUT2D eigenvalue weighted by atomic mass is 19.1. The number of hydrogen-bond acceptors (Lipinski definition) is 5. The van der Waals surface area contributed by atoms with Gasteiger partial charge in [0.15, 0.2) is 0 Å². The van der Waals surface area contributed by atoms with Gasteiger partial charge in [0.25, 0.3) is 0 Å². The number of aromatic nitrogens is 3. The van der Waals surface area contributed by atoms with Crippen LogP contribution in [0.3, 0.4) is 0 Å². The molecule has 0 saturated heterocycles. The maximum absolute atomic E-state index is 13.7. The molecule has 1 atom stereocenters. The second-order valence-corrected chi connectivity index (χ2v) is 9.50. The summed E-state index contributed by atoms with van der Waals surface area (Å²) in [6, 6.07) is 20.0. The number of para-hydroxylation sites is 1. The molecule has 4 rings (SSSR count). The molecule has 0 unspecified atom stereocenters. The zero-order valence-electron chi connectivity index (χ0n) is 21.4. The van der Waals surface area contributed by atoms with Gasteiger partial charge in [0, 0.05) is 32.0 Å². The van der Waals surface area contributed by atoms with Crippen molar-refractivity contribution in [3.05, 3.63) is 84.2 Å². The number of hydrogen-bond donors (Lipinski definition) is 1. The first-order chi connectivity index (χ1) is 17.7. The van der Waals surface area contributed by atoms with Gasteiger partial charge in [0.1, 0.15) is 23.9 Å². The summed E-state index contributed by atoms with van der Waals surface area (Å²) >= 11 is 0. The predicted octanol–water partition coefficient (Wildman–Crippen LogP) is 4.33. The number of amides is 2. The maximum Gasteiger partial charge on any atom is 0.247 e. The van der Waals surface area contributed by atoms with E-state index in [1.54, 1.807) is 12.1 Å². The summed E-state index contributed by atoms with van der Waals surface area (Å²) in [5.74, 6) is -1.16. The minimum atomic E-state index is -0.777. The van der Waals surface area contributed by atoms with Gasteiger partial charge in [-0.25, -0.2) is 9.07 Å². The Labute approximate surface area is 215 Å². The minimum absolute atomic E-state index is 0.0876. The average molecular weight is 503 g/mol. The lowest BCUT2D eigenvalue weighted by Gasteiger charge is -2.33. The molecule has 1 heterocycles. The molecule has 0 aliphatic carbocycles. The van der Waals surface area contributed by atoms with E-state index in [9.17, 15) is 14.0 Å². The second-order valence-electron chi connectivity index (χ2n) is 9.50. The standard InChI is InChI=1S/C28H31FN6O2/c1-19(2)27(28(37)30-22-13-15-23(16-14-22)33(3)4)34(17-20-9-11-21(29)12-10-20)26(36)18-35-25-8-6-5-7-24(25)31-32-35/h5-16,19,27H,17-18H2,1-4H3,(H,30,37)/t27-/m1/s1. The van der Waals surface area contributed by atoms with Gasteiger partial charge in [-0.3, -0.25) is 9.59 Å². The molecule has 0 radical (unpaired) electrons. The van der Waals surface area contributed by atoms with Crippen LogP contribution in [0.1, 0.15) is 19.4 Å². The molecule has 2 amide bonds. The van der Waals surface area contributed by atoms with Gasteiger partial charge in [-0.1, -0.05) is 43.3 Å². The van der Waals surface area contributed by atoms with Crippen LogP contribution in [0.5, 0.6) is 0 Å². The fourth-order valence-corrected chi connectivity index (χ4v) is 4.24. The molecule has 9 heteroatoms. The van der Waals surface area contributed by atoms with Crippen LogP contribution in [0.15, 0.2) is 72.8 Å². The Balaban J connectivity index is 1.63. The topological polar surface area (TPSA) is 83.4 Å². The third kappa shape index (κ3) is 6.11. The van der Waals surface area contributed by atoms with Crippen molar-refractivity contribution in [3.63, 3.8) is 0 Å². The van der Waals surface area contributed by atoms with Crippen molar-refractivity contribution in [2.24, 2.45) is 5.92 Å². The highest BCUT2D eigenvalue weighted by Crippen LogP contribution is 2.21. The largest absolute Gasteiger partial charge is 0.378 e. The monoisotopic (exact) mass is 502 g/mol. The van der Waals surface area contributed by atoms with Crippen molar-refractivity contribution in [1.29, 1.82) is 0 Å². The van der Waals surface area contributed by atoms with Crippen molar-refractivity contribution in [2.75, 3.05) is 24.3 Å². The van der Waals surface area contributed by atoms with Crippen LogP contribution in [0.4, 0.5) is 15.8 Å². The molecule has 8 nitrogen and oxygen atoms in total. The normalized spacial score (nSPS) is 11.9. The lowest BCUT2D eigenvalue weighted by atomic mass is 10.00. The van der Waals surface area contributed by atoms with Crippen molar-refractivity contribution in [1.82, 2.24) is 19.9 Å². The molecule has 0 saturated carbocycles. The Kier molecular flexibility index (Phi) is 7.81. The third-order valence-electron chi connectivity index (χ3n) is 6.18. The molecular weight excluding hydrogens is 471 g/mol. The highest BCUT2D eigenvalue weighted by Gasteiger charge is 2.33. The zero-order valence-corrected chi connectivity index (χ0v) is 21.4. The van der Waals surface area contributed by atoms with Gasteiger partial charge in [0.05, 0.1) is 5.52 Å². The van der Waals surface area contributed by atoms with Gasteiger partial charge < -0.3 is 15.1 Å². The number of nitrogens with zero attached hydrogens (tertiary/aromatic N) is 5. The van der Waals surface area contributed by atoms with Crippen molar-refractivity contribution in [2.45, 2.75) is 33.0 Å². The number of rotatable bonds is 9. The van der Waals surface area contributed by atoms with E-state index in [1.807, 2.05) is 81.4 Å². The number of carbonyl (C=O) groups excluding carboxylic acids is 2. The van der Waals surface area contributed by atoms with Crippen LogP contribution in [-0.2, 0) is 22.7 Å². The van der Waals surface area contributed by atoms with Gasteiger partial charge in [0.2, 0.25) is 11.8 Å². The molecular formula is C28H31FN6O2. The first kappa shape index (κ1) is 25.8. The first-order valence-corrected chi connectivity index (χ1v) is 12.1. The van der Waals surface area contributed by atoms with Crippen LogP contribution in [0, 0.1) is 11.7 Å². The van der Waals surface area contributed by atoms with E-state index in [2.05, 4.69) is 15.6 Å². The molecule has 37 heavy (non-hydrogen) atoms. The second kappa shape index (κ2) is 11.2. The van der Waals surface area contributed by atoms with Gasteiger partial charge in [-0.2, -0.15) is 0 Å². The molecule has 0 bridgehead atoms. The van der Waals surface area contributed by atoms with Gasteiger partial charge >= 0.3 is 0 Å². The molecule has 192 valence electrons. The number of halogens is 1. The fourth-order valence-electron chi connectivity index (χ4n) is 4.24. The molecule has 1 N–H and O–H groups in total. The highest BCUT2D eigenvalue weighted by molar-refractivity contribution is 5.97. The Morgan fingerprint density at radius 1 is 0.973 bits per heavy atom. The van der Waals surface area contributed by atoms with Crippen molar-refractivity contribution >= 4 is 34.2 Å². The SMILES string of the molecule is CC(C)[C@H](C(=O)Nc1ccc(N(C)C)cc1)N(Cc1ccc(F)cc1)C(=O)Cn1nnc2ccccc21. The van der Waals surface area contributed by atoms with E-state index < -0.39 is 6.04 Å². The van der Waals surface area contributed by atoms with Crippen molar-refractivity contribution in [3.8, 4) is 0 Å². The summed E-state index contributed by atoms with van der Waals surface area (Å²) < 4.78 is 15.1. The van der Waals surface area contributed by atoms with Crippen LogP contribution in [0.25, 0.3) is 11.0 Å². The minimum Gasteiger partial charge on any atom is -0.378 e. The molecule has 1 aromatic heterocycles. The predicted molar refractivity (Wildman–Crippen MR) is 143 cm³/mol. The summed E-state index contributed by atoms with van der Waals surface area (Å²) in [5, 5.41) is 11.2. The summed E-state index contributed by atoms with van der Waals surface area (Å²) in [5.41, 5.74) is 3.76. The first-order valence-electron chi connectivity index (χ1n) is 12.1. The Morgan fingerprint density at radius 2 is 1.65 bits per heavy atom. The van der Waals surface area contributed by atoms with Gasteiger partial charge in [-0.05, 0) is 60.0 Å². The zero-order chi connectivity index (χ0) is 26.5. The van der Waals surface area contributed by atoms with Crippen LogP contribution >= 0.6 is 0 Å². The summed E-state index contributed by atoms with van der Waals surface area (Å²) in [7, 11) is 3.89. The molecule has 0 aliphatic rings. The number of carbonyl (C=O) groups is 2. The maximum atomic E-state index is 13.7. The summed E-state index contributed by atoms with van der Waals surface area (Å²) in [4.78, 5) is 30.8. The van der Waals surface area contributed by atoms with E-state index >= 15 is 0 Å². The van der Waals surface area contributed by atoms with Crippen LogP contribution in [0.2, 0.25) is 0 Å². The molecule has 4 aromatic rings. The fraction of sp³-hybridized carbons (Fsp3) is 0.286. The van der Waals surface area contributed by atoms with E-state index in [1.165, 1.54) is 21.7 Å². The molecule has 0 spiro atoms. The lowest BCUT2D eigenvalue weighted by molar-refractivity contribution is -0.141. The lowest BCUT2D eigenvalue weighted by Crippen LogP contribution is -2.50. The molecule has 0 fully saturated rings. The smallest absolute Gasteiger partial charge is 0.247 e. The number of anilines is 2. The molecule has 0 aliphatic heterocycles. The Morgan fingerprint density at radius 3 is 2.30 bits per heavy atom. The quantitative estimate of drug-likeness (QED) is 0.368. The number of nitrogens with one attached hydrogen (secondary N) is 1. The number of benzene rings is 3. The van der Waals surface area contributed by atoms with Crippen LogP contribution < -0.4 is 10.2 Å². The van der Waals surface area contributed by atoms with Crippen LogP contribution in [-0.4, -0.2) is 51.8 Å². The summed E-state index contributed by atoms with van der Waals surface area (Å²) in [6.07, 6.45) is 0. The van der Waals surface area contributed by atoms with Gasteiger partial charge in [-0.15, -0.1) is 5.10 Å². The Hall–Kier alpha value is -4.27. The van der Waals surface area contributed by atoms with Crippen molar-refractivity contribution < 1.29 is 14.0 Å². The number of fused-ring (bicyclic) bond motifs is 1. The van der Waals surface area contributed by atoms with E-state index in [0.717, 1.165) is 11.2 Å². The third-order valence-corrected chi connectivity index (χ3v) is 6.18. The summed E-state index contributed by atoms with van der Waals surface area (Å²) in [6.45, 7) is 3.85. The van der Waals surface area contributed by atoms with E-state index in [0.29, 0.717) is 16.8 Å². The molecule has 3 aromatic carbocycles. The van der Waals surface area contributed by atoms with E-state index in [4.69, 9.17) is 0 Å². The average Bonchev–Trinajstić information content (AvgIpc) is 3.27. The Bertz CT molecular complexity index is 1370. The van der Waals surface area contributed by atoms with E-state index in [-0.39, 0.29) is 36.6 Å².